The Morgan fingerprint density at radius 2 is 2.12 bits per heavy atom. The van der Waals surface area contributed by atoms with Gasteiger partial charge in [-0.3, -0.25) is 4.79 Å². The fourth-order valence-corrected chi connectivity index (χ4v) is 2.03. The highest BCUT2D eigenvalue weighted by Crippen LogP contribution is 2.19. The maximum Gasteiger partial charge on any atom is 0.227 e. The van der Waals surface area contributed by atoms with Crippen molar-refractivity contribution in [3.8, 4) is 0 Å². The van der Waals surface area contributed by atoms with E-state index in [2.05, 4.69) is 19.2 Å². The van der Waals surface area contributed by atoms with Crippen LogP contribution in [0, 0.1) is 11.8 Å². The van der Waals surface area contributed by atoms with Crippen molar-refractivity contribution in [2.75, 3.05) is 5.32 Å². The molecule has 0 spiro atoms. The molecule has 0 aromatic heterocycles. The van der Waals surface area contributed by atoms with Crippen LogP contribution in [0.1, 0.15) is 33.6 Å². The molecule has 0 radical (unpaired) electrons. The molecule has 1 rings (SSSR count). The summed E-state index contributed by atoms with van der Waals surface area (Å²) in [6, 6.07) is 7.25. The summed E-state index contributed by atoms with van der Waals surface area (Å²) in [5.74, 6) is 0.697. The van der Waals surface area contributed by atoms with E-state index in [0.29, 0.717) is 10.9 Å². The Kier molecular flexibility index (Phi) is 5.49. The van der Waals surface area contributed by atoms with Crippen LogP contribution >= 0.6 is 11.6 Å². The Morgan fingerprint density at radius 3 is 2.65 bits per heavy atom. The van der Waals surface area contributed by atoms with Crippen molar-refractivity contribution < 1.29 is 4.79 Å². The maximum atomic E-state index is 12.0. The van der Waals surface area contributed by atoms with E-state index in [4.69, 9.17) is 11.6 Å². The number of nitrogens with one attached hydrogen (secondary N) is 1. The van der Waals surface area contributed by atoms with E-state index >= 15 is 0 Å². The highest BCUT2D eigenvalue weighted by Gasteiger charge is 2.17. The molecule has 0 aliphatic carbocycles. The second-order valence-electron chi connectivity index (χ2n) is 4.73. The van der Waals surface area contributed by atoms with Crippen LogP contribution in [0.3, 0.4) is 0 Å². The smallest absolute Gasteiger partial charge is 0.227 e. The average molecular weight is 254 g/mol. The molecule has 1 aromatic carbocycles. The van der Waals surface area contributed by atoms with E-state index in [1.54, 1.807) is 12.1 Å². The normalized spacial score (nSPS) is 12.5. The summed E-state index contributed by atoms with van der Waals surface area (Å²) in [5.41, 5.74) is 0.768. The summed E-state index contributed by atoms with van der Waals surface area (Å²) in [7, 11) is 0. The first-order valence-electron chi connectivity index (χ1n) is 6.09. The summed E-state index contributed by atoms with van der Waals surface area (Å²) in [4.78, 5) is 12.0. The lowest BCUT2D eigenvalue weighted by Gasteiger charge is -2.17. The van der Waals surface area contributed by atoms with Gasteiger partial charge in [0.1, 0.15) is 0 Å². The van der Waals surface area contributed by atoms with Gasteiger partial charge >= 0.3 is 0 Å². The van der Waals surface area contributed by atoms with Crippen molar-refractivity contribution >= 4 is 23.2 Å². The number of hydrogen-bond acceptors (Lipinski definition) is 1. The van der Waals surface area contributed by atoms with Gasteiger partial charge in [0.05, 0.1) is 0 Å². The lowest BCUT2D eigenvalue weighted by Crippen LogP contribution is -2.23. The number of anilines is 1. The lowest BCUT2D eigenvalue weighted by atomic mass is 9.94. The predicted octanol–water partition coefficient (Wildman–Crippen LogP) is 4.35. The first-order chi connectivity index (χ1) is 8.02. The molecule has 3 heteroatoms. The second-order valence-corrected chi connectivity index (χ2v) is 5.17. The molecule has 17 heavy (non-hydrogen) atoms. The molecule has 0 aliphatic heterocycles. The molecule has 1 amide bonds. The molecule has 0 saturated heterocycles. The number of rotatable bonds is 5. The standard InChI is InChI=1S/C14H20ClNO/c1-4-11(8-10(2)3)14(17)16-13-7-5-6-12(15)9-13/h5-7,9-11H,4,8H2,1-3H3,(H,16,17). The van der Waals surface area contributed by atoms with Gasteiger partial charge in [-0.05, 0) is 37.0 Å². The molecule has 0 saturated carbocycles. The van der Waals surface area contributed by atoms with Crippen LogP contribution in [0.2, 0.25) is 5.02 Å². The van der Waals surface area contributed by atoms with E-state index in [1.165, 1.54) is 0 Å². The monoisotopic (exact) mass is 253 g/mol. The molecular formula is C14H20ClNO. The minimum atomic E-state index is 0.0778. The van der Waals surface area contributed by atoms with Gasteiger partial charge in [0.2, 0.25) is 5.91 Å². The molecule has 1 aromatic rings. The van der Waals surface area contributed by atoms with E-state index in [9.17, 15) is 4.79 Å². The molecule has 0 fully saturated rings. The van der Waals surface area contributed by atoms with Crippen molar-refractivity contribution in [1.29, 1.82) is 0 Å². The summed E-state index contributed by atoms with van der Waals surface area (Å²) in [6.07, 6.45) is 1.79. The Balaban J connectivity index is 2.64. The van der Waals surface area contributed by atoms with Gasteiger partial charge in [0.25, 0.3) is 0 Å². The first kappa shape index (κ1) is 14.0. The molecule has 1 atom stereocenters. The largest absolute Gasteiger partial charge is 0.326 e. The maximum absolute atomic E-state index is 12.0. The molecule has 1 N–H and O–H groups in total. The Bertz CT molecular complexity index is 376. The van der Waals surface area contributed by atoms with Crippen molar-refractivity contribution in [2.45, 2.75) is 33.6 Å². The topological polar surface area (TPSA) is 29.1 Å². The highest BCUT2D eigenvalue weighted by molar-refractivity contribution is 6.30. The van der Waals surface area contributed by atoms with Gasteiger partial charge in [-0.25, -0.2) is 0 Å². The van der Waals surface area contributed by atoms with Crippen molar-refractivity contribution in [3.05, 3.63) is 29.3 Å². The zero-order valence-electron chi connectivity index (χ0n) is 10.7. The van der Waals surface area contributed by atoms with E-state index in [0.717, 1.165) is 18.5 Å². The third-order valence-electron chi connectivity index (χ3n) is 2.71. The quantitative estimate of drug-likeness (QED) is 0.831. The fraction of sp³-hybridized carbons (Fsp3) is 0.500. The Labute approximate surface area is 108 Å². The molecule has 0 aliphatic rings. The Morgan fingerprint density at radius 1 is 1.41 bits per heavy atom. The van der Waals surface area contributed by atoms with Gasteiger partial charge in [-0.1, -0.05) is 38.4 Å². The van der Waals surface area contributed by atoms with Crippen LogP contribution < -0.4 is 5.32 Å². The molecule has 1 unspecified atom stereocenters. The van der Waals surface area contributed by atoms with Crippen LogP contribution in [0.4, 0.5) is 5.69 Å². The van der Waals surface area contributed by atoms with E-state index in [1.807, 2.05) is 19.1 Å². The molecule has 2 nitrogen and oxygen atoms in total. The van der Waals surface area contributed by atoms with E-state index < -0.39 is 0 Å². The van der Waals surface area contributed by atoms with E-state index in [-0.39, 0.29) is 11.8 Å². The van der Waals surface area contributed by atoms with Crippen molar-refractivity contribution in [3.63, 3.8) is 0 Å². The second kappa shape index (κ2) is 6.65. The Hall–Kier alpha value is -1.02. The first-order valence-corrected chi connectivity index (χ1v) is 6.47. The summed E-state index contributed by atoms with van der Waals surface area (Å²) < 4.78 is 0. The minimum absolute atomic E-state index is 0.0778. The summed E-state index contributed by atoms with van der Waals surface area (Å²) >= 11 is 5.87. The number of carbonyl (C=O) groups excluding carboxylic acids is 1. The SMILES string of the molecule is CCC(CC(C)C)C(=O)Nc1cccc(Cl)c1. The average Bonchev–Trinajstić information content (AvgIpc) is 2.25. The number of halogens is 1. The highest BCUT2D eigenvalue weighted by atomic mass is 35.5. The third kappa shape index (κ3) is 4.78. The third-order valence-corrected chi connectivity index (χ3v) is 2.95. The molecule has 0 bridgehead atoms. The predicted molar refractivity (Wildman–Crippen MR) is 73.3 cm³/mol. The zero-order valence-corrected chi connectivity index (χ0v) is 11.4. The van der Waals surface area contributed by atoms with Crippen LogP contribution in [-0.4, -0.2) is 5.91 Å². The molecule has 0 heterocycles. The molecular weight excluding hydrogens is 234 g/mol. The number of carbonyl (C=O) groups is 1. The minimum Gasteiger partial charge on any atom is -0.326 e. The van der Waals surface area contributed by atoms with Crippen molar-refractivity contribution in [1.82, 2.24) is 0 Å². The van der Waals surface area contributed by atoms with Gasteiger partial charge in [0.15, 0.2) is 0 Å². The van der Waals surface area contributed by atoms with Gasteiger partial charge in [-0.2, -0.15) is 0 Å². The number of hydrogen-bond donors (Lipinski definition) is 1. The van der Waals surface area contributed by atoms with Gasteiger partial charge < -0.3 is 5.32 Å². The zero-order chi connectivity index (χ0) is 12.8. The van der Waals surface area contributed by atoms with Crippen LogP contribution in [0.15, 0.2) is 24.3 Å². The van der Waals surface area contributed by atoms with Gasteiger partial charge in [-0.15, -0.1) is 0 Å². The number of benzene rings is 1. The summed E-state index contributed by atoms with van der Waals surface area (Å²) in [6.45, 7) is 6.31. The summed E-state index contributed by atoms with van der Waals surface area (Å²) in [5, 5.41) is 3.55. The van der Waals surface area contributed by atoms with Crippen LogP contribution in [0.5, 0.6) is 0 Å². The number of amides is 1. The lowest BCUT2D eigenvalue weighted by molar-refractivity contribution is -0.120. The fourth-order valence-electron chi connectivity index (χ4n) is 1.84. The van der Waals surface area contributed by atoms with Crippen molar-refractivity contribution in [2.24, 2.45) is 11.8 Å². The van der Waals surface area contributed by atoms with Crippen LogP contribution in [-0.2, 0) is 4.79 Å². The molecule has 94 valence electrons. The van der Waals surface area contributed by atoms with Gasteiger partial charge in [0, 0.05) is 16.6 Å². The van der Waals surface area contributed by atoms with Crippen LogP contribution in [0.25, 0.3) is 0 Å².